The minimum atomic E-state index is -1.46. The third-order valence-electron chi connectivity index (χ3n) is 5.51. The number of ether oxygens (including phenoxy) is 2. The Morgan fingerprint density at radius 3 is 2.28 bits per heavy atom. The van der Waals surface area contributed by atoms with Gasteiger partial charge >= 0.3 is 11.9 Å². The minimum Gasteiger partial charge on any atom is -0.466 e. The highest BCUT2D eigenvalue weighted by molar-refractivity contribution is 9.10. The molecule has 3 rings (SSSR count). The van der Waals surface area contributed by atoms with E-state index in [9.17, 15) is 14.7 Å². The van der Waals surface area contributed by atoms with E-state index in [1.165, 1.54) is 0 Å². The summed E-state index contributed by atoms with van der Waals surface area (Å²) in [5.74, 6) is -2.81. The normalized spacial score (nSPS) is 22.9. The molecule has 6 nitrogen and oxygen atoms in total. The van der Waals surface area contributed by atoms with E-state index < -0.39 is 29.4 Å². The highest BCUT2D eigenvalue weighted by atomic mass is 79.9. The second-order valence-corrected chi connectivity index (χ2v) is 8.81. The molecule has 0 saturated heterocycles. The average Bonchev–Trinajstić information content (AvgIpc) is 2.74. The Hall–Kier alpha value is -2.64. The van der Waals surface area contributed by atoms with E-state index >= 15 is 0 Å². The van der Waals surface area contributed by atoms with Crippen molar-refractivity contribution < 1.29 is 24.2 Å². The number of esters is 2. The van der Waals surface area contributed by atoms with Crippen molar-refractivity contribution in [1.29, 1.82) is 0 Å². The fourth-order valence-electron chi connectivity index (χ4n) is 4.19. The molecule has 3 atom stereocenters. The van der Waals surface area contributed by atoms with Crippen molar-refractivity contribution in [3.05, 3.63) is 75.9 Å². The van der Waals surface area contributed by atoms with Gasteiger partial charge in [-0.15, -0.1) is 0 Å². The van der Waals surface area contributed by atoms with Crippen LogP contribution >= 0.6 is 15.9 Å². The Morgan fingerprint density at radius 1 is 1.06 bits per heavy atom. The van der Waals surface area contributed by atoms with Gasteiger partial charge < -0.3 is 19.9 Å². The van der Waals surface area contributed by atoms with E-state index in [0.717, 1.165) is 10.2 Å². The van der Waals surface area contributed by atoms with Crippen LogP contribution < -0.4 is 5.32 Å². The van der Waals surface area contributed by atoms with Crippen LogP contribution in [0.2, 0.25) is 0 Å². The van der Waals surface area contributed by atoms with Crippen LogP contribution in [0.3, 0.4) is 0 Å². The quantitative estimate of drug-likeness (QED) is 0.530. The molecule has 0 fully saturated rings. The Bertz CT molecular complexity index is 985. The Kier molecular flexibility index (Phi) is 7.74. The number of hydrogen-bond acceptors (Lipinski definition) is 6. The van der Waals surface area contributed by atoms with E-state index in [1.807, 2.05) is 54.6 Å². The molecule has 1 aliphatic carbocycles. The van der Waals surface area contributed by atoms with Gasteiger partial charge in [0.05, 0.1) is 30.3 Å². The second kappa shape index (κ2) is 10.3. The second-order valence-electron chi connectivity index (χ2n) is 7.90. The first-order chi connectivity index (χ1) is 15.3. The van der Waals surface area contributed by atoms with Gasteiger partial charge in [0.15, 0.2) is 0 Å². The van der Waals surface area contributed by atoms with Gasteiger partial charge in [-0.1, -0.05) is 46.3 Å². The third kappa shape index (κ3) is 5.22. The van der Waals surface area contributed by atoms with Crippen LogP contribution in [-0.4, -0.2) is 35.9 Å². The summed E-state index contributed by atoms with van der Waals surface area (Å²) in [5.41, 5.74) is 0.860. The molecule has 2 aromatic rings. The van der Waals surface area contributed by atoms with Crippen LogP contribution in [0.4, 0.5) is 5.69 Å². The first-order valence-electron chi connectivity index (χ1n) is 10.6. The maximum absolute atomic E-state index is 13.2. The van der Waals surface area contributed by atoms with Gasteiger partial charge in [-0.25, -0.2) is 4.79 Å². The zero-order valence-corrected chi connectivity index (χ0v) is 20.0. The van der Waals surface area contributed by atoms with Crippen molar-refractivity contribution in [2.24, 2.45) is 5.92 Å². The van der Waals surface area contributed by atoms with Crippen molar-refractivity contribution in [3.63, 3.8) is 0 Å². The first kappa shape index (κ1) is 24.0. The van der Waals surface area contributed by atoms with Crippen molar-refractivity contribution in [2.75, 3.05) is 18.5 Å². The number of nitrogens with one attached hydrogen (secondary N) is 1. The lowest BCUT2D eigenvalue weighted by atomic mass is 9.66. The molecule has 0 heterocycles. The fourth-order valence-corrected chi connectivity index (χ4v) is 4.46. The largest absolute Gasteiger partial charge is 0.466 e. The third-order valence-corrected chi connectivity index (χ3v) is 6.04. The van der Waals surface area contributed by atoms with E-state index in [2.05, 4.69) is 21.2 Å². The molecule has 0 unspecified atom stereocenters. The number of carbonyl (C=O) groups excluding carboxylic acids is 2. The first-order valence-corrected chi connectivity index (χ1v) is 11.4. The molecule has 2 N–H and O–H groups in total. The van der Waals surface area contributed by atoms with Gasteiger partial charge in [0.25, 0.3) is 0 Å². The topological polar surface area (TPSA) is 84.9 Å². The summed E-state index contributed by atoms with van der Waals surface area (Å²) in [6.45, 7) is 5.42. The smallest absolute Gasteiger partial charge is 0.336 e. The zero-order chi connectivity index (χ0) is 23.3. The van der Waals surface area contributed by atoms with Crippen LogP contribution in [0.1, 0.15) is 38.7 Å². The van der Waals surface area contributed by atoms with Crippen LogP contribution in [0.15, 0.2) is 70.3 Å². The van der Waals surface area contributed by atoms with Crippen LogP contribution in [0, 0.1) is 5.92 Å². The van der Waals surface area contributed by atoms with Crippen LogP contribution in [0.25, 0.3) is 0 Å². The molecule has 170 valence electrons. The summed E-state index contributed by atoms with van der Waals surface area (Å²) in [4.78, 5) is 26.3. The molecule has 0 bridgehead atoms. The van der Waals surface area contributed by atoms with Crippen molar-refractivity contribution in [1.82, 2.24) is 0 Å². The molecule has 0 spiro atoms. The zero-order valence-electron chi connectivity index (χ0n) is 18.4. The fraction of sp³-hybridized carbons (Fsp3) is 0.360. The number of carbonyl (C=O) groups is 2. The lowest BCUT2D eigenvalue weighted by Gasteiger charge is -2.43. The predicted molar refractivity (Wildman–Crippen MR) is 126 cm³/mol. The van der Waals surface area contributed by atoms with E-state index in [4.69, 9.17) is 9.47 Å². The number of anilines is 1. The summed E-state index contributed by atoms with van der Waals surface area (Å²) >= 11 is 3.43. The summed E-state index contributed by atoms with van der Waals surface area (Å²) in [5, 5.41) is 14.7. The molecular formula is C25H28BrNO5. The van der Waals surface area contributed by atoms with Crippen molar-refractivity contribution >= 4 is 33.6 Å². The number of para-hydroxylation sites is 1. The number of hydrogen-bond donors (Lipinski definition) is 2. The maximum atomic E-state index is 13.2. The summed E-state index contributed by atoms with van der Waals surface area (Å²) in [6, 6.07) is 16.7. The summed E-state index contributed by atoms with van der Waals surface area (Å²) in [7, 11) is 0. The van der Waals surface area contributed by atoms with Crippen LogP contribution in [0.5, 0.6) is 0 Å². The lowest BCUT2D eigenvalue weighted by Crippen LogP contribution is -2.49. The number of rotatable bonds is 7. The van der Waals surface area contributed by atoms with Crippen LogP contribution in [-0.2, 0) is 19.1 Å². The number of aliphatic hydroxyl groups is 1. The van der Waals surface area contributed by atoms with Crippen molar-refractivity contribution in [3.8, 4) is 0 Å². The Morgan fingerprint density at radius 2 is 1.69 bits per heavy atom. The monoisotopic (exact) mass is 501 g/mol. The Balaban J connectivity index is 2.23. The maximum Gasteiger partial charge on any atom is 0.336 e. The predicted octanol–water partition coefficient (Wildman–Crippen LogP) is 4.80. The average molecular weight is 502 g/mol. The van der Waals surface area contributed by atoms with Gasteiger partial charge in [-0.05, 0) is 50.6 Å². The van der Waals surface area contributed by atoms with Gasteiger partial charge in [0.1, 0.15) is 0 Å². The number of halogens is 1. The molecule has 0 saturated carbocycles. The molecule has 7 heteroatoms. The highest BCUT2D eigenvalue weighted by Crippen LogP contribution is 2.48. The molecular weight excluding hydrogens is 474 g/mol. The van der Waals surface area contributed by atoms with Crippen molar-refractivity contribution in [2.45, 2.75) is 38.7 Å². The standard InChI is InChI=1S/C25H28BrNO5/c1-4-31-23(28)21-19(27-18-9-7-6-8-10-18)15-25(3,30)22(24(29)32-5-2)20(21)16-11-13-17(26)14-12-16/h6-14,20,22,27,30H,4-5,15H2,1-3H3/t20-,22+,25-/m0/s1. The highest BCUT2D eigenvalue weighted by Gasteiger charge is 2.52. The molecule has 1 aliphatic rings. The van der Waals surface area contributed by atoms with E-state index in [0.29, 0.717) is 16.8 Å². The molecule has 0 aromatic heterocycles. The molecule has 0 radical (unpaired) electrons. The van der Waals surface area contributed by atoms with Gasteiger partial charge in [0.2, 0.25) is 0 Å². The molecule has 32 heavy (non-hydrogen) atoms. The number of benzene rings is 2. The molecule has 0 amide bonds. The lowest BCUT2D eigenvalue weighted by molar-refractivity contribution is -0.159. The van der Waals surface area contributed by atoms with Gasteiger partial charge in [-0.3, -0.25) is 4.79 Å². The van der Waals surface area contributed by atoms with Gasteiger partial charge in [-0.2, -0.15) is 0 Å². The van der Waals surface area contributed by atoms with E-state index in [-0.39, 0.29) is 19.6 Å². The van der Waals surface area contributed by atoms with Gasteiger partial charge in [0, 0.05) is 28.2 Å². The minimum absolute atomic E-state index is 0.0621. The SMILES string of the molecule is CCOC(=O)C1=C(Nc2ccccc2)C[C@](C)(O)[C@@H](C(=O)OCC)[C@H]1c1ccc(Br)cc1. The molecule has 2 aromatic carbocycles. The van der Waals surface area contributed by atoms with E-state index in [1.54, 1.807) is 20.8 Å². The summed E-state index contributed by atoms with van der Waals surface area (Å²) in [6.07, 6.45) is 0.0621. The Labute approximate surface area is 196 Å². The molecule has 0 aliphatic heterocycles. The summed E-state index contributed by atoms with van der Waals surface area (Å²) < 4.78 is 11.6.